The van der Waals surface area contributed by atoms with Crippen LogP contribution in [0.5, 0.6) is 0 Å². The molecule has 7 heteroatoms. The highest BCUT2D eigenvalue weighted by atomic mass is 79.9. The second-order valence-electron chi connectivity index (χ2n) is 2.95. The van der Waals surface area contributed by atoms with Crippen molar-refractivity contribution in [1.29, 1.82) is 0 Å². The van der Waals surface area contributed by atoms with Gasteiger partial charge in [-0.3, -0.25) is 0 Å². The van der Waals surface area contributed by atoms with Crippen molar-refractivity contribution in [2.45, 2.75) is 0 Å². The molecule has 82 valence electrons. The van der Waals surface area contributed by atoms with Crippen LogP contribution in [0.1, 0.15) is 10.5 Å². The number of halogens is 2. The van der Waals surface area contributed by atoms with E-state index in [0.717, 1.165) is 4.47 Å². The van der Waals surface area contributed by atoms with Crippen molar-refractivity contribution < 1.29 is 9.90 Å². The standard InChI is InChI=1S/C9H5BrClN3O2/c10-5-1-2-6(11)8(3-5)14-4-7(9(15)16)12-13-14/h1-4H,(H,15,16). The molecule has 0 fully saturated rings. The van der Waals surface area contributed by atoms with Crippen LogP contribution in [-0.2, 0) is 0 Å². The molecule has 1 heterocycles. The van der Waals surface area contributed by atoms with E-state index in [1.165, 1.54) is 10.9 Å². The molecule has 0 aliphatic rings. The minimum atomic E-state index is -1.13. The van der Waals surface area contributed by atoms with Crippen LogP contribution in [0, 0.1) is 0 Å². The van der Waals surface area contributed by atoms with Crippen molar-refractivity contribution in [3.05, 3.63) is 39.6 Å². The zero-order valence-corrected chi connectivity index (χ0v) is 10.1. The molecule has 0 aliphatic carbocycles. The summed E-state index contributed by atoms with van der Waals surface area (Å²) in [4.78, 5) is 10.6. The molecule has 0 saturated carbocycles. The fourth-order valence-electron chi connectivity index (χ4n) is 1.14. The highest BCUT2D eigenvalue weighted by molar-refractivity contribution is 9.10. The number of carboxylic acids is 1. The van der Waals surface area contributed by atoms with Crippen molar-refractivity contribution in [3.8, 4) is 5.69 Å². The van der Waals surface area contributed by atoms with E-state index < -0.39 is 5.97 Å². The van der Waals surface area contributed by atoms with Gasteiger partial charge in [0.15, 0.2) is 5.69 Å². The molecule has 5 nitrogen and oxygen atoms in total. The molecular weight excluding hydrogens is 297 g/mol. The first-order valence-electron chi connectivity index (χ1n) is 4.19. The Morgan fingerprint density at radius 3 is 2.88 bits per heavy atom. The molecule has 1 aromatic carbocycles. The van der Waals surface area contributed by atoms with Crippen molar-refractivity contribution in [2.24, 2.45) is 0 Å². The molecule has 1 aromatic heterocycles. The van der Waals surface area contributed by atoms with E-state index in [1.54, 1.807) is 18.2 Å². The molecule has 1 N–H and O–H groups in total. The van der Waals surface area contributed by atoms with E-state index in [0.29, 0.717) is 10.7 Å². The van der Waals surface area contributed by atoms with E-state index in [-0.39, 0.29) is 5.69 Å². The fourth-order valence-corrected chi connectivity index (χ4v) is 1.69. The Bertz CT molecular complexity index is 555. The van der Waals surface area contributed by atoms with Gasteiger partial charge in [0.25, 0.3) is 0 Å². The maximum Gasteiger partial charge on any atom is 0.358 e. The van der Waals surface area contributed by atoms with Crippen LogP contribution in [-0.4, -0.2) is 26.1 Å². The SMILES string of the molecule is O=C(O)c1cn(-c2cc(Br)ccc2Cl)nn1. The van der Waals surface area contributed by atoms with Gasteiger partial charge < -0.3 is 5.11 Å². The maximum atomic E-state index is 10.6. The second kappa shape index (κ2) is 4.23. The Labute approximate surface area is 104 Å². The van der Waals surface area contributed by atoms with E-state index in [2.05, 4.69) is 26.2 Å². The lowest BCUT2D eigenvalue weighted by Crippen LogP contribution is -1.96. The lowest BCUT2D eigenvalue weighted by molar-refractivity contribution is 0.0690. The smallest absolute Gasteiger partial charge is 0.358 e. The average Bonchev–Trinajstić information content (AvgIpc) is 2.70. The number of carboxylic acid groups (broad SMARTS) is 1. The summed E-state index contributed by atoms with van der Waals surface area (Å²) in [7, 11) is 0. The highest BCUT2D eigenvalue weighted by Crippen LogP contribution is 2.23. The van der Waals surface area contributed by atoms with Gasteiger partial charge in [-0.15, -0.1) is 5.10 Å². The first-order chi connectivity index (χ1) is 7.58. The Kier molecular flexibility index (Phi) is 2.93. The zero-order chi connectivity index (χ0) is 11.7. The van der Waals surface area contributed by atoms with Crippen molar-refractivity contribution >= 4 is 33.5 Å². The van der Waals surface area contributed by atoms with Crippen LogP contribution in [0.25, 0.3) is 5.69 Å². The molecule has 0 bridgehead atoms. The molecule has 2 aromatic rings. The number of benzene rings is 1. The maximum absolute atomic E-state index is 10.6. The van der Waals surface area contributed by atoms with Gasteiger partial charge in [-0.2, -0.15) is 0 Å². The molecule has 0 aliphatic heterocycles. The minimum Gasteiger partial charge on any atom is -0.476 e. The summed E-state index contributed by atoms with van der Waals surface area (Å²) in [6, 6.07) is 5.19. The molecule has 0 atom stereocenters. The second-order valence-corrected chi connectivity index (χ2v) is 4.27. The normalized spacial score (nSPS) is 10.4. The molecule has 0 saturated heterocycles. The van der Waals surface area contributed by atoms with Crippen LogP contribution >= 0.6 is 27.5 Å². The lowest BCUT2D eigenvalue weighted by atomic mass is 10.3. The summed E-state index contributed by atoms with van der Waals surface area (Å²) < 4.78 is 2.13. The van der Waals surface area contributed by atoms with Gasteiger partial charge in [0, 0.05) is 4.47 Å². The molecule has 0 amide bonds. The first-order valence-corrected chi connectivity index (χ1v) is 5.36. The third-order valence-electron chi connectivity index (χ3n) is 1.87. The molecule has 0 unspecified atom stereocenters. The monoisotopic (exact) mass is 301 g/mol. The predicted octanol–water partition coefficient (Wildman–Crippen LogP) is 2.38. The quantitative estimate of drug-likeness (QED) is 0.925. The minimum absolute atomic E-state index is 0.129. The summed E-state index contributed by atoms with van der Waals surface area (Å²) in [5.74, 6) is -1.13. The first kappa shape index (κ1) is 11.1. The molecule has 16 heavy (non-hydrogen) atoms. The van der Waals surface area contributed by atoms with Gasteiger partial charge >= 0.3 is 5.97 Å². The third-order valence-corrected chi connectivity index (χ3v) is 2.68. The van der Waals surface area contributed by atoms with Gasteiger partial charge in [-0.25, -0.2) is 9.48 Å². The lowest BCUT2D eigenvalue weighted by Gasteiger charge is -2.02. The van der Waals surface area contributed by atoms with Gasteiger partial charge in [-0.1, -0.05) is 32.7 Å². The Balaban J connectivity index is 2.50. The van der Waals surface area contributed by atoms with Crippen LogP contribution in [0.3, 0.4) is 0 Å². The van der Waals surface area contributed by atoms with Crippen LogP contribution < -0.4 is 0 Å². The summed E-state index contributed by atoms with van der Waals surface area (Å²) in [5, 5.41) is 16.4. The molecule has 0 spiro atoms. The topological polar surface area (TPSA) is 68.0 Å². The van der Waals surface area contributed by atoms with Crippen LogP contribution in [0.4, 0.5) is 0 Å². The Morgan fingerprint density at radius 2 is 2.25 bits per heavy atom. The van der Waals surface area contributed by atoms with Gasteiger partial charge in [0.05, 0.1) is 16.9 Å². The summed E-state index contributed by atoms with van der Waals surface area (Å²) in [6.07, 6.45) is 1.30. The fraction of sp³-hybridized carbons (Fsp3) is 0. The van der Waals surface area contributed by atoms with Gasteiger partial charge in [0.1, 0.15) is 0 Å². The van der Waals surface area contributed by atoms with E-state index in [9.17, 15) is 4.79 Å². The molecule has 2 rings (SSSR count). The third kappa shape index (κ3) is 2.07. The number of rotatable bonds is 2. The zero-order valence-electron chi connectivity index (χ0n) is 7.76. The summed E-state index contributed by atoms with van der Waals surface area (Å²) in [6.45, 7) is 0. The highest BCUT2D eigenvalue weighted by Gasteiger charge is 2.11. The van der Waals surface area contributed by atoms with Crippen molar-refractivity contribution in [2.75, 3.05) is 0 Å². The number of carbonyl (C=O) groups is 1. The molecule has 0 radical (unpaired) electrons. The van der Waals surface area contributed by atoms with Crippen LogP contribution in [0.2, 0.25) is 5.02 Å². The number of aromatic nitrogens is 3. The van der Waals surface area contributed by atoms with E-state index in [1.807, 2.05) is 0 Å². The van der Waals surface area contributed by atoms with E-state index in [4.69, 9.17) is 16.7 Å². The van der Waals surface area contributed by atoms with E-state index >= 15 is 0 Å². The number of aromatic carboxylic acids is 1. The van der Waals surface area contributed by atoms with Crippen molar-refractivity contribution in [1.82, 2.24) is 15.0 Å². The summed E-state index contributed by atoms with van der Waals surface area (Å²) in [5.41, 5.74) is 0.437. The van der Waals surface area contributed by atoms with Gasteiger partial charge in [-0.05, 0) is 18.2 Å². The van der Waals surface area contributed by atoms with Crippen molar-refractivity contribution in [3.63, 3.8) is 0 Å². The number of nitrogens with zero attached hydrogens (tertiary/aromatic N) is 3. The number of hydrogen-bond donors (Lipinski definition) is 1. The number of hydrogen-bond acceptors (Lipinski definition) is 3. The van der Waals surface area contributed by atoms with Gasteiger partial charge in [0.2, 0.25) is 0 Å². The largest absolute Gasteiger partial charge is 0.476 e. The average molecular weight is 303 g/mol. The Hall–Kier alpha value is -1.40. The molecular formula is C9H5BrClN3O2. The summed E-state index contributed by atoms with van der Waals surface area (Å²) >= 11 is 9.26. The van der Waals surface area contributed by atoms with Crippen LogP contribution in [0.15, 0.2) is 28.9 Å². The predicted molar refractivity (Wildman–Crippen MR) is 61.0 cm³/mol. The Morgan fingerprint density at radius 1 is 1.50 bits per heavy atom.